The number of carbonyl (C=O) groups is 1. The van der Waals surface area contributed by atoms with Gasteiger partial charge in [-0.15, -0.1) is 0 Å². The molecule has 1 aromatic heterocycles. The van der Waals surface area contributed by atoms with Crippen molar-refractivity contribution in [1.82, 2.24) is 19.1 Å². The molecular formula is C26H33ClN4O3S. The molecule has 2 aromatic rings. The Morgan fingerprint density at radius 2 is 1.86 bits per heavy atom. The van der Waals surface area contributed by atoms with Crippen LogP contribution in [-0.4, -0.2) is 78.9 Å². The summed E-state index contributed by atoms with van der Waals surface area (Å²) < 4.78 is 25.7. The zero-order chi connectivity index (χ0) is 25.2. The van der Waals surface area contributed by atoms with Gasteiger partial charge < -0.3 is 4.90 Å². The molecule has 1 atom stereocenters. The predicted octanol–water partition coefficient (Wildman–Crippen LogP) is 3.90. The van der Waals surface area contributed by atoms with Crippen molar-refractivity contribution in [3.05, 3.63) is 63.9 Å². The summed E-state index contributed by atoms with van der Waals surface area (Å²) in [6, 6.07) is 9.78. The summed E-state index contributed by atoms with van der Waals surface area (Å²) in [6.07, 6.45) is 6.24. The van der Waals surface area contributed by atoms with E-state index in [1.807, 2.05) is 43.0 Å². The third kappa shape index (κ3) is 5.61. The Bertz CT molecular complexity index is 1220. The Morgan fingerprint density at radius 1 is 1.14 bits per heavy atom. The Balaban J connectivity index is 1.72. The SMILES string of the molecule is CCN(CC)C(=O)CCC1=Cc2cc(Cl)ccc2C(N2CCN(S(C)(=O)=O)CC2)c2ncccc21. The number of aromatic nitrogens is 1. The normalized spacial score (nSPS) is 18.9. The highest BCUT2D eigenvalue weighted by atomic mass is 35.5. The van der Waals surface area contributed by atoms with Crippen LogP contribution in [0.15, 0.2) is 36.5 Å². The highest BCUT2D eigenvalue weighted by molar-refractivity contribution is 7.88. The van der Waals surface area contributed by atoms with Gasteiger partial charge in [-0.3, -0.25) is 14.7 Å². The van der Waals surface area contributed by atoms with Crippen molar-refractivity contribution in [1.29, 1.82) is 0 Å². The predicted molar refractivity (Wildman–Crippen MR) is 141 cm³/mol. The molecule has 35 heavy (non-hydrogen) atoms. The summed E-state index contributed by atoms with van der Waals surface area (Å²) in [5.74, 6) is 0.144. The molecule has 1 fully saturated rings. The maximum atomic E-state index is 12.8. The van der Waals surface area contributed by atoms with Crippen molar-refractivity contribution in [2.24, 2.45) is 0 Å². The van der Waals surface area contributed by atoms with E-state index < -0.39 is 10.0 Å². The molecule has 2 heterocycles. The smallest absolute Gasteiger partial charge is 0.222 e. The lowest BCUT2D eigenvalue weighted by Gasteiger charge is -2.39. The fourth-order valence-electron chi connectivity index (χ4n) is 5.09. The molecule has 9 heteroatoms. The van der Waals surface area contributed by atoms with Crippen LogP contribution in [0, 0.1) is 0 Å². The van der Waals surface area contributed by atoms with Gasteiger partial charge in [0.15, 0.2) is 0 Å². The zero-order valence-electron chi connectivity index (χ0n) is 20.6. The second-order valence-corrected chi connectivity index (χ2v) is 11.5. The lowest BCUT2D eigenvalue weighted by atomic mass is 9.94. The van der Waals surface area contributed by atoms with Gasteiger partial charge in [0.25, 0.3) is 0 Å². The lowest BCUT2D eigenvalue weighted by molar-refractivity contribution is -0.130. The molecule has 0 saturated carbocycles. The number of pyridine rings is 1. The number of carbonyl (C=O) groups excluding carboxylic acids is 1. The molecule has 0 spiro atoms. The van der Waals surface area contributed by atoms with E-state index in [2.05, 4.69) is 17.0 Å². The molecule has 1 aliphatic heterocycles. The van der Waals surface area contributed by atoms with Gasteiger partial charge in [-0.1, -0.05) is 29.8 Å². The van der Waals surface area contributed by atoms with Crippen LogP contribution in [0.5, 0.6) is 0 Å². The number of sulfonamides is 1. The second-order valence-electron chi connectivity index (χ2n) is 9.05. The van der Waals surface area contributed by atoms with Crippen LogP contribution in [0.2, 0.25) is 5.02 Å². The summed E-state index contributed by atoms with van der Waals surface area (Å²) in [4.78, 5) is 21.8. The molecule has 188 valence electrons. The van der Waals surface area contributed by atoms with Crippen molar-refractivity contribution in [3.63, 3.8) is 0 Å². The van der Waals surface area contributed by atoms with E-state index in [1.165, 1.54) is 10.6 Å². The molecule has 1 aliphatic carbocycles. The molecule has 1 aromatic carbocycles. The minimum atomic E-state index is -3.22. The second kappa shape index (κ2) is 10.8. The Hall–Kier alpha value is -2.26. The number of hydrogen-bond acceptors (Lipinski definition) is 5. The van der Waals surface area contributed by atoms with E-state index in [0.29, 0.717) is 57.1 Å². The van der Waals surface area contributed by atoms with Gasteiger partial charge in [0.2, 0.25) is 15.9 Å². The van der Waals surface area contributed by atoms with Crippen molar-refractivity contribution in [2.75, 3.05) is 45.5 Å². The Morgan fingerprint density at radius 3 is 2.51 bits per heavy atom. The number of rotatable bonds is 7. The summed E-state index contributed by atoms with van der Waals surface area (Å²) in [6.45, 7) is 7.49. The number of piperazine rings is 1. The minimum Gasteiger partial charge on any atom is -0.343 e. The molecule has 1 saturated heterocycles. The summed E-state index contributed by atoms with van der Waals surface area (Å²) in [7, 11) is -3.22. The van der Waals surface area contributed by atoms with Crippen LogP contribution in [0.25, 0.3) is 11.6 Å². The van der Waals surface area contributed by atoms with E-state index in [9.17, 15) is 13.2 Å². The van der Waals surface area contributed by atoms with E-state index >= 15 is 0 Å². The number of fused-ring (bicyclic) bond motifs is 2. The van der Waals surface area contributed by atoms with Gasteiger partial charge in [0.1, 0.15) is 0 Å². The fourth-order valence-corrected chi connectivity index (χ4v) is 6.09. The molecule has 1 amide bonds. The van der Waals surface area contributed by atoms with E-state index in [1.54, 1.807) is 6.20 Å². The summed E-state index contributed by atoms with van der Waals surface area (Å²) >= 11 is 6.41. The van der Waals surface area contributed by atoms with Gasteiger partial charge in [-0.2, -0.15) is 4.31 Å². The quantitative estimate of drug-likeness (QED) is 0.558. The number of halogens is 1. The van der Waals surface area contributed by atoms with Crippen LogP contribution >= 0.6 is 11.6 Å². The van der Waals surface area contributed by atoms with Crippen LogP contribution in [-0.2, 0) is 14.8 Å². The highest BCUT2D eigenvalue weighted by Crippen LogP contribution is 2.41. The molecule has 7 nitrogen and oxygen atoms in total. The van der Waals surface area contributed by atoms with Crippen molar-refractivity contribution < 1.29 is 13.2 Å². The molecular weight excluding hydrogens is 484 g/mol. The average molecular weight is 517 g/mol. The molecule has 2 aliphatic rings. The van der Waals surface area contributed by atoms with Gasteiger partial charge >= 0.3 is 0 Å². The standard InChI is InChI=1S/C26H33ClN4O3S/c1-4-29(5-2)24(32)11-8-19-17-20-18-21(27)9-10-23(20)26(25-22(19)7-6-12-28-25)30-13-15-31(16-14-30)35(3,33)34/h6-7,9-10,12,17-18,26H,4-5,8,11,13-16H2,1-3H3. The maximum Gasteiger partial charge on any atom is 0.222 e. The van der Waals surface area contributed by atoms with Gasteiger partial charge in [-0.05, 0) is 55.2 Å². The number of benzene rings is 1. The third-order valence-electron chi connectivity index (χ3n) is 6.95. The first kappa shape index (κ1) is 25.8. The van der Waals surface area contributed by atoms with Gasteiger partial charge in [0.05, 0.1) is 18.0 Å². The number of allylic oxidation sites excluding steroid dienone is 1. The van der Waals surface area contributed by atoms with Crippen LogP contribution < -0.4 is 0 Å². The number of nitrogens with zero attached hydrogens (tertiary/aromatic N) is 4. The first-order chi connectivity index (χ1) is 16.7. The van der Waals surface area contributed by atoms with Crippen molar-refractivity contribution in [3.8, 4) is 0 Å². The van der Waals surface area contributed by atoms with Crippen LogP contribution in [0.3, 0.4) is 0 Å². The Kier molecular flexibility index (Phi) is 7.96. The average Bonchev–Trinajstić information content (AvgIpc) is 2.97. The van der Waals surface area contributed by atoms with E-state index in [4.69, 9.17) is 16.6 Å². The highest BCUT2D eigenvalue weighted by Gasteiger charge is 2.34. The summed E-state index contributed by atoms with van der Waals surface area (Å²) in [5, 5.41) is 0.651. The fraction of sp³-hybridized carbons (Fsp3) is 0.462. The monoisotopic (exact) mass is 516 g/mol. The van der Waals surface area contributed by atoms with E-state index in [-0.39, 0.29) is 11.9 Å². The largest absolute Gasteiger partial charge is 0.343 e. The molecule has 1 unspecified atom stereocenters. The zero-order valence-corrected chi connectivity index (χ0v) is 22.1. The maximum absolute atomic E-state index is 12.8. The third-order valence-corrected chi connectivity index (χ3v) is 8.49. The Labute approximate surface area is 213 Å². The number of amides is 1. The van der Waals surface area contributed by atoms with Gasteiger partial charge in [-0.25, -0.2) is 8.42 Å². The van der Waals surface area contributed by atoms with Crippen LogP contribution in [0.1, 0.15) is 55.1 Å². The lowest BCUT2D eigenvalue weighted by Crippen LogP contribution is -2.49. The number of hydrogen-bond donors (Lipinski definition) is 0. The molecule has 4 rings (SSSR count). The minimum absolute atomic E-state index is 0.132. The first-order valence-corrected chi connectivity index (χ1v) is 14.4. The van der Waals surface area contributed by atoms with Gasteiger partial charge in [0, 0.05) is 62.5 Å². The first-order valence-electron chi connectivity index (χ1n) is 12.1. The summed E-state index contributed by atoms with van der Waals surface area (Å²) in [5.41, 5.74) is 5.13. The van der Waals surface area contributed by atoms with E-state index in [0.717, 1.165) is 28.0 Å². The van der Waals surface area contributed by atoms with Crippen molar-refractivity contribution >= 4 is 39.2 Å². The molecule has 0 bridgehead atoms. The van der Waals surface area contributed by atoms with Crippen molar-refractivity contribution in [2.45, 2.75) is 32.7 Å². The molecule has 0 radical (unpaired) electrons. The topological polar surface area (TPSA) is 73.8 Å². The van der Waals surface area contributed by atoms with Crippen LogP contribution in [0.4, 0.5) is 0 Å². The molecule has 0 N–H and O–H groups in total.